The van der Waals surface area contributed by atoms with Crippen molar-refractivity contribution in [2.75, 3.05) is 6.54 Å². The van der Waals surface area contributed by atoms with Crippen molar-refractivity contribution in [3.8, 4) is 5.69 Å². The summed E-state index contributed by atoms with van der Waals surface area (Å²) in [7, 11) is 0. The third kappa shape index (κ3) is 5.53. The molecule has 2 rings (SSSR count). The quantitative estimate of drug-likeness (QED) is 0.771. The van der Waals surface area contributed by atoms with E-state index in [-0.39, 0.29) is 18.7 Å². The zero-order valence-electron chi connectivity index (χ0n) is 15.6. The van der Waals surface area contributed by atoms with E-state index in [0.717, 1.165) is 14.7 Å². The number of ether oxygens (including phenoxy) is 1. The second-order valence-electron chi connectivity index (χ2n) is 6.95. The average Bonchev–Trinajstić information content (AvgIpc) is 2.93. The summed E-state index contributed by atoms with van der Waals surface area (Å²) < 4.78 is 21.7. The minimum absolute atomic E-state index is 0.0921. The molecule has 1 N–H and O–H groups in total. The maximum atomic E-state index is 13.2. The molecule has 7 nitrogen and oxygen atoms in total. The third-order valence-corrected chi connectivity index (χ3v) is 4.46. The van der Waals surface area contributed by atoms with Crippen molar-refractivity contribution in [1.82, 2.24) is 19.7 Å². The van der Waals surface area contributed by atoms with Crippen LogP contribution >= 0.6 is 15.9 Å². The van der Waals surface area contributed by atoms with Gasteiger partial charge in [-0.3, -0.25) is 0 Å². The van der Waals surface area contributed by atoms with Crippen molar-refractivity contribution in [3.05, 3.63) is 56.9 Å². The number of aromatic nitrogens is 3. The first kappa shape index (κ1) is 20.9. The fourth-order valence-electron chi connectivity index (χ4n) is 2.29. The molecular formula is C18H22BrFN4O3. The summed E-state index contributed by atoms with van der Waals surface area (Å²) in [5, 5.41) is 6.50. The van der Waals surface area contributed by atoms with Gasteiger partial charge in [0.1, 0.15) is 11.9 Å². The van der Waals surface area contributed by atoms with Crippen LogP contribution in [0.2, 0.25) is 0 Å². The first-order chi connectivity index (χ1) is 12.6. The van der Waals surface area contributed by atoms with Crippen LogP contribution in [0.4, 0.5) is 9.18 Å². The van der Waals surface area contributed by atoms with Gasteiger partial charge in [0.25, 0.3) is 0 Å². The van der Waals surface area contributed by atoms with Gasteiger partial charge in [0.05, 0.1) is 18.6 Å². The minimum atomic E-state index is -0.663. The van der Waals surface area contributed by atoms with E-state index in [2.05, 4.69) is 26.3 Å². The molecule has 0 saturated carbocycles. The van der Waals surface area contributed by atoms with Gasteiger partial charge in [-0.05, 0) is 51.0 Å². The highest BCUT2D eigenvalue weighted by Crippen LogP contribution is 2.21. The van der Waals surface area contributed by atoms with E-state index in [4.69, 9.17) is 4.74 Å². The van der Waals surface area contributed by atoms with Crippen LogP contribution in [-0.4, -0.2) is 32.6 Å². The largest absolute Gasteiger partial charge is 0.444 e. The lowest BCUT2D eigenvalue weighted by Gasteiger charge is -2.19. The van der Waals surface area contributed by atoms with E-state index < -0.39 is 17.4 Å². The van der Waals surface area contributed by atoms with Crippen LogP contribution in [-0.2, 0) is 11.3 Å². The molecule has 0 aliphatic rings. The maximum Gasteiger partial charge on any atom is 0.407 e. The number of hydrogen-bond donors (Lipinski definition) is 1. The number of nitrogens with one attached hydrogen (secondary N) is 1. The summed E-state index contributed by atoms with van der Waals surface area (Å²) in [4.78, 5) is 24.3. The molecule has 9 heteroatoms. The molecular weight excluding hydrogens is 419 g/mol. The fraction of sp³-hybridized carbons (Fsp3) is 0.389. The Morgan fingerprint density at radius 1 is 1.41 bits per heavy atom. The number of alkyl carbamates (subject to hydrolysis) is 1. The van der Waals surface area contributed by atoms with Gasteiger partial charge in [0.15, 0.2) is 0 Å². The molecule has 27 heavy (non-hydrogen) atoms. The molecule has 1 amide bonds. The molecule has 0 aliphatic carbocycles. The fourth-order valence-corrected chi connectivity index (χ4v) is 2.64. The highest BCUT2D eigenvalue weighted by atomic mass is 79.9. The number of carbonyl (C=O) groups is 1. The molecule has 0 atom stereocenters. The number of rotatable bonds is 5. The van der Waals surface area contributed by atoms with Gasteiger partial charge in [-0.2, -0.15) is 5.10 Å². The van der Waals surface area contributed by atoms with Crippen molar-refractivity contribution < 1.29 is 13.9 Å². The van der Waals surface area contributed by atoms with E-state index in [1.807, 2.05) is 19.1 Å². The Balaban J connectivity index is 2.11. The van der Waals surface area contributed by atoms with Crippen molar-refractivity contribution >= 4 is 22.0 Å². The van der Waals surface area contributed by atoms with Crippen LogP contribution in [0.3, 0.4) is 0 Å². The Labute approximate surface area is 165 Å². The summed E-state index contributed by atoms with van der Waals surface area (Å²) in [6.45, 7) is 6.88. The van der Waals surface area contributed by atoms with Crippen LogP contribution in [0.25, 0.3) is 5.69 Å². The lowest BCUT2D eigenvalue weighted by molar-refractivity contribution is 0.0532. The molecule has 1 heterocycles. The predicted molar refractivity (Wildman–Crippen MR) is 104 cm³/mol. The van der Waals surface area contributed by atoms with E-state index >= 15 is 0 Å². The molecule has 0 bridgehead atoms. The number of amides is 1. The number of carbonyl (C=O) groups excluding carboxylic acids is 1. The van der Waals surface area contributed by atoms with Crippen LogP contribution < -0.4 is 11.0 Å². The van der Waals surface area contributed by atoms with Crippen LogP contribution in [0.15, 0.2) is 45.7 Å². The van der Waals surface area contributed by atoms with Crippen molar-refractivity contribution in [3.63, 3.8) is 0 Å². The number of benzene rings is 1. The molecule has 0 spiro atoms. The second-order valence-corrected chi connectivity index (χ2v) is 7.80. The Bertz CT molecular complexity index is 912. The molecule has 146 valence electrons. The number of halogens is 2. The predicted octanol–water partition coefficient (Wildman–Crippen LogP) is 3.48. The molecule has 0 saturated heterocycles. The summed E-state index contributed by atoms with van der Waals surface area (Å²) in [6.07, 6.45) is 1.08. The number of hydrogen-bond acceptors (Lipinski definition) is 4. The highest BCUT2D eigenvalue weighted by Gasteiger charge is 2.17. The Hall–Kier alpha value is -2.42. The summed E-state index contributed by atoms with van der Waals surface area (Å²) in [5.74, 6) is 0. The van der Waals surface area contributed by atoms with Crippen molar-refractivity contribution in [2.45, 2.75) is 39.8 Å². The Morgan fingerprint density at radius 2 is 2.11 bits per heavy atom. The minimum Gasteiger partial charge on any atom is -0.444 e. The molecule has 1 aromatic heterocycles. The van der Waals surface area contributed by atoms with E-state index in [1.165, 1.54) is 10.9 Å². The van der Waals surface area contributed by atoms with Crippen LogP contribution in [0.5, 0.6) is 0 Å². The van der Waals surface area contributed by atoms with E-state index in [9.17, 15) is 14.0 Å². The van der Waals surface area contributed by atoms with Gasteiger partial charge in [-0.15, -0.1) is 0 Å². The highest BCUT2D eigenvalue weighted by molar-refractivity contribution is 9.10. The molecule has 0 fully saturated rings. The maximum absolute atomic E-state index is 13.2. The first-order valence-electron chi connectivity index (χ1n) is 8.27. The monoisotopic (exact) mass is 440 g/mol. The lowest BCUT2D eigenvalue weighted by Crippen LogP contribution is -2.34. The van der Waals surface area contributed by atoms with Crippen LogP contribution in [0, 0.1) is 6.92 Å². The zero-order valence-corrected chi connectivity index (χ0v) is 17.2. The SMILES string of the molecule is Cc1c(Br)cccc1-n1cnn(C/C(=C/F)CNC(=O)OC(C)(C)C)c1=O. The Morgan fingerprint density at radius 3 is 2.74 bits per heavy atom. The molecule has 2 aromatic rings. The smallest absolute Gasteiger partial charge is 0.407 e. The van der Waals surface area contributed by atoms with Gasteiger partial charge in [-0.25, -0.2) is 23.2 Å². The summed E-state index contributed by atoms with van der Waals surface area (Å²) in [5.41, 5.74) is 0.679. The normalized spacial score (nSPS) is 12.1. The van der Waals surface area contributed by atoms with Gasteiger partial charge in [0, 0.05) is 11.0 Å². The van der Waals surface area contributed by atoms with Gasteiger partial charge < -0.3 is 10.1 Å². The zero-order chi connectivity index (χ0) is 20.2. The topological polar surface area (TPSA) is 78.2 Å². The van der Waals surface area contributed by atoms with E-state index in [1.54, 1.807) is 26.8 Å². The van der Waals surface area contributed by atoms with Crippen molar-refractivity contribution in [1.29, 1.82) is 0 Å². The van der Waals surface area contributed by atoms with Crippen LogP contribution in [0.1, 0.15) is 26.3 Å². The van der Waals surface area contributed by atoms with E-state index in [0.29, 0.717) is 12.0 Å². The molecule has 0 unspecified atom stereocenters. The Kier molecular flexibility index (Phi) is 6.59. The molecule has 0 radical (unpaired) electrons. The van der Waals surface area contributed by atoms with Gasteiger partial charge in [0.2, 0.25) is 0 Å². The first-order valence-corrected chi connectivity index (χ1v) is 9.06. The van der Waals surface area contributed by atoms with Crippen molar-refractivity contribution in [2.24, 2.45) is 0 Å². The third-order valence-electron chi connectivity index (χ3n) is 3.60. The van der Waals surface area contributed by atoms with Gasteiger partial charge >= 0.3 is 11.8 Å². The second kappa shape index (κ2) is 8.51. The molecule has 1 aromatic carbocycles. The summed E-state index contributed by atoms with van der Waals surface area (Å²) in [6, 6.07) is 5.48. The average molecular weight is 441 g/mol. The lowest BCUT2D eigenvalue weighted by atomic mass is 10.2. The molecule has 0 aliphatic heterocycles. The summed E-state index contributed by atoms with van der Waals surface area (Å²) >= 11 is 3.43. The standard InChI is InChI=1S/C18H22BrFN4O3/c1-12-14(19)6-5-7-15(12)23-11-22-24(17(23)26)10-13(8-20)9-21-16(25)27-18(2,3)4/h5-8,11H,9-10H2,1-4H3,(H,21,25)/b13-8+. The van der Waals surface area contributed by atoms with Gasteiger partial charge in [-0.1, -0.05) is 22.0 Å². The number of nitrogens with zero attached hydrogens (tertiary/aromatic N) is 3.